The number of benzene rings is 2. The van der Waals surface area contributed by atoms with Gasteiger partial charge in [-0.25, -0.2) is 0 Å². The molecule has 0 saturated heterocycles. The van der Waals surface area contributed by atoms with Crippen LogP contribution in [0, 0.1) is 5.92 Å². The largest absolute Gasteiger partial charge is 0.489 e. The van der Waals surface area contributed by atoms with Crippen LogP contribution in [-0.2, 0) is 6.54 Å². The topological polar surface area (TPSA) is 44.5 Å². The first-order valence-corrected chi connectivity index (χ1v) is 7.43. The molecule has 0 amide bonds. The molecule has 1 aliphatic rings. The van der Waals surface area contributed by atoms with Gasteiger partial charge in [-0.15, -0.1) is 0 Å². The molecule has 4 heteroatoms. The van der Waals surface area contributed by atoms with Crippen LogP contribution in [0.2, 0.25) is 5.02 Å². The quantitative estimate of drug-likeness (QED) is 0.916. The van der Waals surface area contributed by atoms with Crippen LogP contribution in [0.25, 0.3) is 11.1 Å². The molecule has 0 aromatic heterocycles. The standard InChI is InChI=1S/C17H18ClNO2/c1-11-9-20-16-5-3-13(7-17(16)21-10-11)14-4-2-12(8-19)6-15(14)18/h2-7,11H,8-10,19H2,1H3. The van der Waals surface area contributed by atoms with Gasteiger partial charge >= 0.3 is 0 Å². The molecule has 2 aromatic rings. The fraction of sp³-hybridized carbons (Fsp3) is 0.294. The number of halogens is 1. The Morgan fingerprint density at radius 3 is 2.57 bits per heavy atom. The summed E-state index contributed by atoms with van der Waals surface area (Å²) in [5.74, 6) is 1.95. The number of rotatable bonds is 2. The lowest BCUT2D eigenvalue weighted by Crippen LogP contribution is -2.12. The van der Waals surface area contributed by atoms with Crippen molar-refractivity contribution < 1.29 is 9.47 Å². The minimum atomic E-state index is 0.383. The Labute approximate surface area is 129 Å². The SMILES string of the molecule is CC1COc2ccc(-c3ccc(CN)cc3Cl)cc2OC1. The van der Waals surface area contributed by atoms with Crippen molar-refractivity contribution >= 4 is 11.6 Å². The van der Waals surface area contributed by atoms with Crippen molar-refractivity contribution in [1.29, 1.82) is 0 Å². The summed E-state index contributed by atoms with van der Waals surface area (Å²) < 4.78 is 11.6. The zero-order chi connectivity index (χ0) is 14.8. The van der Waals surface area contributed by atoms with Gasteiger partial charge in [0.05, 0.1) is 13.2 Å². The molecule has 0 saturated carbocycles. The lowest BCUT2D eigenvalue weighted by molar-refractivity contribution is 0.228. The van der Waals surface area contributed by atoms with Crippen LogP contribution in [0.15, 0.2) is 36.4 Å². The molecular weight excluding hydrogens is 286 g/mol. The first-order valence-electron chi connectivity index (χ1n) is 7.06. The van der Waals surface area contributed by atoms with Crippen molar-refractivity contribution in [3.8, 4) is 22.6 Å². The predicted octanol–water partition coefficient (Wildman–Crippen LogP) is 3.87. The van der Waals surface area contributed by atoms with E-state index in [0.717, 1.165) is 28.2 Å². The summed E-state index contributed by atoms with van der Waals surface area (Å²) >= 11 is 6.35. The molecule has 0 aliphatic carbocycles. The Bertz CT molecular complexity index is 657. The predicted molar refractivity (Wildman–Crippen MR) is 84.9 cm³/mol. The van der Waals surface area contributed by atoms with Crippen LogP contribution < -0.4 is 15.2 Å². The Morgan fingerprint density at radius 1 is 1.10 bits per heavy atom. The highest BCUT2D eigenvalue weighted by molar-refractivity contribution is 6.33. The highest BCUT2D eigenvalue weighted by Gasteiger charge is 2.16. The Kier molecular flexibility index (Phi) is 4.04. The first-order chi connectivity index (χ1) is 10.2. The molecule has 0 bridgehead atoms. The average molecular weight is 304 g/mol. The van der Waals surface area contributed by atoms with E-state index >= 15 is 0 Å². The minimum Gasteiger partial charge on any atom is -0.489 e. The van der Waals surface area contributed by atoms with Crippen LogP contribution in [-0.4, -0.2) is 13.2 Å². The summed E-state index contributed by atoms with van der Waals surface area (Å²) in [7, 11) is 0. The van der Waals surface area contributed by atoms with Crippen LogP contribution >= 0.6 is 11.6 Å². The maximum absolute atomic E-state index is 6.35. The molecule has 2 N–H and O–H groups in total. The van der Waals surface area contributed by atoms with E-state index in [0.29, 0.717) is 30.7 Å². The van der Waals surface area contributed by atoms with E-state index < -0.39 is 0 Å². The number of hydrogen-bond donors (Lipinski definition) is 1. The van der Waals surface area contributed by atoms with Crippen LogP contribution in [0.4, 0.5) is 0 Å². The van der Waals surface area contributed by atoms with Gasteiger partial charge in [0.15, 0.2) is 11.5 Å². The molecule has 0 radical (unpaired) electrons. The Morgan fingerprint density at radius 2 is 1.86 bits per heavy atom. The second-order valence-electron chi connectivity index (χ2n) is 5.41. The fourth-order valence-electron chi connectivity index (χ4n) is 2.34. The summed E-state index contributed by atoms with van der Waals surface area (Å²) in [6.07, 6.45) is 0. The third-order valence-corrected chi connectivity index (χ3v) is 3.88. The van der Waals surface area contributed by atoms with Gasteiger partial charge in [-0.3, -0.25) is 0 Å². The van der Waals surface area contributed by atoms with Gasteiger partial charge in [0.2, 0.25) is 0 Å². The van der Waals surface area contributed by atoms with Crippen molar-refractivity contribution in [2.45, 2.75) is 13.5 Å². The zero-order valence-corrected chi connectivity index (χ0v) is 12.7. The van der Waals surface area contributed by atoms with Gasteiger partial charge in [0.25, 0.3) is 0 Å². The van der Waals surface area contributed by atoms with E-state index in [2.05, 4.69) is 6.92 Å². The van der Waals surface area contributed by atoms with Gasteiger partial charge in [0, 0.05) is 23.0 Å². The maximum Gasteiger partial charge on any atom is 0.161 e. The highest BCUT2D eigenvalue weighted by atomic mass is 35.5. The van der Waals surface area contributed by atoms with Crippen molar-refractivity contribution in [3.05, 3.63) is 47.0 Å². The lowest BCUT2D eigenvalue weighted by Gasteiger charge is -2.11. The van der Waals surface area contributed by atoms with Gasteiger partial charge < -0.3 is 15.2 Å². The minimum absolute atomic E-state index is 0.383. The third-order valence-electron chi connectivity index (χ3n) is 3.57. The molecule has 3 nitrogen and oxygen atoms in total. The van der Waals surface area contributed by atoms with E-state index in [-0.39, 0.29) is 0 Å². The third kappa shape index (κ3) is 2.99. The number of hydrogen-bond acceptors (Lipinski definition) is 3. The molecular formula is C17H18ClNO2. The highest BCUT2D eigenvalue weighted by Crippen LogP contribution is 2.37. The molecule has 1 heterocycles. The van der Waals surface area contributed by atoms with Crippen LogP contribution in [0.5, 0.6) is 11.5 Å². The van der Waals surface area contributed by atoms with Crippen molar-refractivity contribution in [1.82, 2.24) is 0 Å². The molecule has 1 unspecified atom stereocenters. The van der Waals surface area contributed by atoms with Gasteiger partial charge in [-0.05, 0) is 29.3 Å². The van der Waals surface area contributed by atoms with Crippen LogP contribution in [0.3, 0.4) is 0 Å². The van der Waals surface area contributed by atoms with Crippen LogP contribution in [0.1, 0.15) is 12.5 Å². The average Bonchev–Trinajstić information content (AvgIpc) is 2.69. The normalized spacial score (nSPS) is 17.4. The van der Waals surface area contributed by atoms with Gasteiger partial charge in [-0.2, -0.15) is 0 Å². The number of ether oxygens (including phenoxy) is 2. The summed E-state index contributed by atoms with van der Waals surface area (Å²) in [4.78, 5) is 0. The Balaban J connectivity index is 1.97. The number of nitrogens with two attached hydrogens (primary N) is 1. The molecule has 0 fully saturated rings. The molecule has 2 aromatic carbocycles. The second-order valence-corrected chi connectivity index (χ2v) is 5.81. The van der Waals surface area contributed by atoms with E-state index in [4.69, 9.17) is 26.8 Å². The maximum atomic E-state index is 6.35. The monoisotopic (exact) mass is 303 g/mol. The van der Waals surface area contributed by atoms with Crippen molar-refractivity contribution in [2.75, 3.05) is 13.2 Å². The van der Waals surface area contributed by atoms with E-state index in [1.54, 1.807) is 0 Å². The molecule has 0 spiro atoms. The van der Waals surface area contributed by atoms with E-state index in [9.17, 15) is 0 Å². The molecule has 1 atom stereocenters. The summed E-state index contributed by atoms with van der Waals surface area (Å²) in [6.45, 7) is 3.93. The molecule has 3 rings (SSSR count). The molecule has 110 valence electrons. The summed E-state index contributed by atoms with van der Waals surface area (Å²) in [6, 6.07) is 11.8. The van der Waals surface area contributed by atoms with Crippen molar-refractivity contribution in [3.63, 3.8) is 0 Å². The molecule has 1 aliphatic heterocycles. The first kappa shape index (κ1) is 14.2. The number of fused-ring (bicyclic) bond motifs is 1. The van der Waals surface area contributed by atoms with Gasteiger partial charge in [-0.1, -0.05) is 36.7 Å². The Hall–Kier alpha value is -1.71. The molecule has 21 heavy (non-hydrogen) atoms. The smallest absolute Gasteiger partial charge is 0.161 e. The van der Waals surface area contributed by atoms with E-state index in [1.165, 1.54) is 0 Å². The zero-order valence-electron chi connectivity index (χ0n) is 11.9. The van der Waals surface area contributed by atoms with Crippen molar-refractivity contribution in [2.24, 2.45) is 11.7 Å². The van der Waals surface area contributed by atoms with Gasteiger partial charge in [0.1, 0.15) is 0 Å². The summed E-state index contributed by atoms with van der Waals surface area (Å²) in [5.41, 5.74) is 8.64. The second kappa shape index (κ2) is 5.96. The van der Waals surface area contributed by atoms with E-state index in [1.807, 2.05) is 36.4 Å². The summed E-state index contributed by atoms with van der Waals surface area (Å²) in [5, 5.41) is 0.695. The lowest BCUT2D eigenvalue weighted by atomic mass is 10.0. The fourth-order valence-corrected chi connectivity index (χ4v) is 2.65.